The highest BCUT2D eigenvalue weighted by Gasteiger charge is 1.96. The molecule has 0 bridgehead atoms. The first-order valence-electron chi connectivity index (χ1n) is 6.19. The first-order chi connectivity index (χ1) is 8.26. The Hall–Kier alpha value is -1.28. The van der Waals surface area contributed by atoms with Crippen molar-refractivity contribution in [2.45, 2.75) is 26.2 Å². The van der Waals surface area contributed by atoms with Gasteiger partial charge in [-0.2, -0.15) is 0 Å². The van der Waals surface area contributed by atoms with Crippen LogP contribution in [-0.4, -0.2) is 20.7 Å². The lowest BCUT2D eigenvalue weighted by molar-refractivity contribution is 0.414. The number of nitrogens with one attached hydrogen (secondary N) is 1. The smallest absolute Gasteiger partial charge is 0.118 e. The normalized spacial score (nSPS) is 11.6. The summed E-state index contributed by atoms with van der Waals surface area (Å²) >= 11 is 0. The van der Waals surface area contributed by atoms with Gasteiger partial charge in [0, 0.05) is 0 Å². The topological polar surface area (TPSA) is 21.3 Å². The summed E-state index contributed by atoms with van der Waals surface area (Å²) in [5.74, 6) is 0.926. The van der Waals surface area contributed by atoms with Crippen LogP contribution < -0.4 is 10.1 Å². The maximum Gasteiger partial charge on any atom is 0.118 e. The Morgan fingerprint density at radius 3 is 2.59 bits per heavy atom. The summed E-state index contributed by atoms with van der Waals surface area (Å²) in [4.78, 5) is 0. The second-order valence-corrected chi connectivity index (χ2v) is 4.29. The minimum absolute atomic E-state index is 0.926. The first kappa shape index (κ1) is 13.8. The van der Waals surface area contributed by atoms with Gasteiger partial charge < -0.3 is 10.1 Å². The van der Waals surface area contributed by atoms with Crippen LogP contribution in [0.4, 0.5) is 0 Å². The molecule has 0 unspecified atom stereocenters. The highest BCUT2D eigenvalue weighted by Crippen LogP contribution is 2.14. The molecule has 0 aliphatic carbocycles. The fourth-order valence-electron chi connectivity index (χ4n) is 1.70. The van der Waals surface area contributed by atoms with Gasteiger partial charge in [0.1, 0.15) is 5.75 Å². The average Bonchev–Trinajstić information content (AvgIpc) is 2.37. The number of hydrogen-bond donors (Lipinski definition) is 1. The van der Waals surface area contributed by atoms with Gasteiger partial charge >= 0.3 is 0 Å². The fourth-order valence-corrected chi connectivity index (χ4v) is 1.70. The third-order valence-corrected chi connectivity index (χ3v) is 2.85. The maximum atomic E-state index is 5.14. The predicted octanol–water partition coefficient (Wildman–Crippen LogP) is 3.18. The molecule has 1 N–H and O–H groups in total. The number of allylic oxidation sites excluding steroid dienone is 1. The Balaban J connectivity index is 2.36. The number of hydrogen-bond acceptors (Lipinski definition) is 2. The Morgan fingerprint density at radius 1 is 1.29 bits per heavy atom. The van der Waals surface area contributed by atoms with E-state index < -0.39 is 0 Å². The Morgan fingerprint density at radius 2 is 2.00 bits per heavy atom. The summed E-state index contributed by atoms with van der Waals surface area (Å²) in [5, 5.41) is 3.15. The zero-order chi connectivity index (χ0) is 12.5. The molecule has 94 valence electrons. The summed E-state index contributed by atoms with van der Waals surface area (Å²) in [7, 11) is 3.68. The molecule has 0 atom stereocenters. The van der Waals surface area contributed by atoms with Crippen LogP contribution in [0.2, 0.25) is 0 Å². The molecule has 1 rings (SSSR count). The zero-order valence-corrected chi connectivity index (χ0v) is 11.1. The van der Waals surface area contributed by atoms with Crippen molar-refractivity contribution in [2.24, 2.45) is 0 Å². The molecule has 0 amide bonds. The van der Waals surface area contributed by atoms with Gasteiger partial charge in [-0.1, -0.05) is 23.8 Å². The second-order valence-electron chi connectivity index (χ2n) is 4.29. The number of benzene rings is 1. The molecule has 0 aliphatic heterocycles. The van der Waals surface area contributed by atoms with Gasteiger partial charge in [0.05, 0.1) is 7.11 Å². The SMILES string of the molecule is CNCCC=C(C)CCc1ccc(OC)cc1. The maximum absolute atomic E-state index is 5.14. The van der Waals surface area contributed by atoms with E-state index in [4.69, 9.17) is 4.74 Å². The van der Waals surface area contributed by atoms with E-state index >= 15 is 0 Å². The molecule has 1 aromatic carbocycles. The monoisotopic (exact) mass is 233 g/mol. The van der Waals surface area contributed by atoms with Gasteiger partial charge in [-0.15, -0.1) is 0 Å². The lowest BCUT2D eigenvalue weighted by atomic mass is 10.0. The standard InChI is InChI=1S/C15H23NO/c1-13(5-4-12-16-2)6-7-14-8-10-15(17-3)11-9-14/h5,8-11,16H,4,6-7,12H2,1-3H3. The van der Waals surface area contributed by atoms with Gasteiger partial charge in [0.15, 0.2) is 0 Å². The molecule has 0 aliphatic rings. The van der Waals surface area contributed by atoms with Crippen molar-refractivity contribution in [1.82, 2.24) is 5.32 Å². The second kappa shape index (κ2) is 7.91. The third kappa shape index (κ3) is 5.55. The van der Waals surface area contributed by atoms with Crippen LogP contribution in [0, 0.1) is 0 Å². The highest BCUT2D eigenvalue weighted by atomic mass is 16.5. The molecule has 2 heteroatoms. The summed E-state index contributed by atoms with van der Waals surface area (Å²) in [6.45, 7) is 3.26. The van der Waals surface area contributed by atoms with Gasteiger partial charge in [0.2, 0.25) is 0 Å². The number of ether oxygens (including phenoxy) is 1. The Labute approximate surface area is 105 Å². The summed E-state index contributed by atoms with van der Waals surface area (Å²) in [6, 6.07) is 8.32. The van der Waals surface area contributed by atoms with Crippen LogP contribution in [0.3, 0.4) is 0 Å². The molecule has 17 heavy (non-hydrogen) atoms. The predicted molar refractivity (Wildman–Crippen MR) is 73.6 cm³/mol. The number of aryl methyl sites for hydroxylation is 1. The van der Waals surface area contributed by atoms with E-state index in [2.05, 4.69) is 30.4 Å². The van der Waals surface area contributed by atoms with Crippen LogP contribution in [-0.2, 0) is 6.42 Å². The minimum Gasteiger partial charge on any atom is -0.497 e. The Kier molecular flexibility index (Phi) is 6.41. The van der Waals surface area contributed by atoms with E-state index in [-0.39, 0.29) is 0 Å². The fraction of sp³-hybridized carbons (Fsp3) is 0.467. The average molecular weight is 233 g/mol. The van der Waals surface area contributed by atoms with Crippen LogP contribution in [0.25, 0.3) is 0 Å². The summed E-state index contributed by atoms with van der Waals surface area (Å²) < 4.78 is 5.14. The molecule has 0 saturated heterocycles. The van der Waals surface area contributed by atoms with E-state index in [1.807, 2.05) is 19.2 Å². The molecule has 1 aromatic rings. The summed E-state index contributed by atoms with van der Waals surface area (Å²) in [6.07, 6.45) is 5.67. The minimum atomic E-state index is 0.926. The molecular weight excluding hydrogens is 210 g/mol. The zero-order valence-electron chi connectivity index (χ0n) is 11.1. The third-order valence-electron chi connectivity index (χ3n) is 2.85. The van der Waals surface area contributed by atoms with Crippen LogP contribution >= 0.6 is 0 Å². The van der Waals surface area contributed by atoms with Crippen molar-refractivity contribution in [3.8, 4) is 5.75 Å². The molecule has 0 saturated carbocycles. The molecular formula is C15H23NO. The highest BCUT2D eigenvalue weighted by molar-refractivity contribution is 5.27. The van der Waals surface area contributed by atoms with Crippen molar-refractivity contribution in [1.29, 1.82) is 0 Å². The van der Waals surface area contributed by atoms with Crippen LogP contribution in [0.5, 0.6) is 5.75 Å². The van der Waals surface area contributed by atoms with E-state index in [0.29, 0.717) is 0 Å². The van der Waals surface area contributed by atoms with Gasteiger partial charge in [-0.3, -0.25) is 0 Å². The van der Waals surface area contributed by atoms with Gasteiger partial charge in [-0.05, 0) is 57.5 Å². The molecule has 0 radical (unpaired) electrons. The van der Waals surface area contributed by atoms with Crippen LogP contribution in [0.1, 0.15) is 25.3 Å². The van der Waals surface area contributed by atoms with Gasteiger partial charge in [-0.25, -0.2) is 0 Å². The number of methoxy groups -OCH3 is 1. The summed E-state index contributed by atoms with van der Waals surface area (Å²) in [5.41, 5.74) is 2.84. The number of rotatable bonds is 7. The largest absolute Gasteiger partial charge is 0.497 e. The van der Waals surface area contributed by atoms with Crippen LogP contribution in [0.15, 0.2) is 35.9 Å². The molecule has 2 nitrogen and oxygen atoms in total. The molecule has 0 aromatic heterocycles. The quantitative estimate of drug-likeness (QED) is 0.577. The van der Waals surface area contributed by atoms with Crippen molar-refractivity contribution < 1.29 is 4.74 Å². The Bertz CT molecular complexity index is 340. The molecule has 0 spiro atoms. The molecule has 0 fully saturated rings. The van der Waals surface area contributed by atoms with E-state index in [1.165, 1.54) is 11.1 Å². The van der Waals surface area contributed by atoms with E-state index in [1.54, 1.807) is 7.11 Å². The first-order valence-corrected chi connectivity index (χ1v) is 6.19. The van der Waals surface area contributed by atoms with Crippen molar-refractivity contribution in [3.05, 3.63) is 41.5 Å². The van der Waals surface area contributed by atoms with E-state index in [0.717, 1.165) is 31.6 Å². The van der Waals surface area contributed by atoms with Crippen molar-refractivity contribution in [2.75, 3.05) is 20.7 Å². The lowest BCUT2D eigenvalue weighted by Crippen LogP contribution is -2.06. The van der Waals surface area contributed by atoms with Crippen molar-refractivity contribution in [3.63, 3.8) is 0 Å². The van der Waals surface area contributed by atoms with E-state index in [9.17, 15) is 0 Å². The van der Waals surface area contributed by atoms with Gasteiger partial charge in [0.25, 0.3) is 0 Å². The lowest BCUT2D eigenvalue weighted by Gasteiger charge is -2.04. The van der Waals surface area contributed by atoms with Crippen molar-refractivity contribution >= 4 is 0 Å². The molecule has 0 heterocycles.